The number of benzene rings is 1. The maximum absolute atomic E-state index is 12.4. The van der Waals surface area contributed by atoms with Crippen molar-refractivity contribution in [2.45, 2.75) is 39.0 Å². The molecule has 1 heterocycles. The van der Waals surface area contributed by atoms with E-state index >= 15 is 0 Å². The fraction of sp³-hybridized carbons (Fsp3) is 0.471. The number of rotatable bonds is 6. The molecule has 1 aliphatic rings. The van der Waals surface area contributed by atoms with Gasteiger partial charge in [-0.25, -0.2) is 0 Å². The van der Waals surface area contributed by atoms with E-state index in [9.17, 15) is 4.79 Å². The van der Waals surface area contributed by atoms with Gasteiger partial charge in [-0.2, -0.15) is 0 Å². The largest absolute Gasteiger partial charge is 0.494 e. The Labute approximate surface area is 119 Å². The third-order valence-corrected chi connectivity index (χ3v) is 4.13. The van der Waals surface area contributed by atoms with Crippen LogP contribution in [0.15, 0.2) is 24.4 Å². The zero-order valence-corrected chi connectivity index (χ0v) is 11.9. The molecule has 0 aliphatic heterocycles. The quantitative estimate of drug-likeness (QED) is 0.794. The van der Waals surface area contributed by atoms with Gasteiger partial charge >= 0.3 is 0 Å². The Kier molecular flexibility index (Phi) is 3.77. The first kappa shape index (κ1) is 13.2. The molecule has 1 saturated carbocycles. The molecule has 2 aromatic rings. The van der Waals surface area contributed by atoms with Crippen LogP contribution >= 0.6 is 0 Å². The first-order valence-corrected chi connectivity index (χ1v) is 7.55. The lowest BCUT2D eigenvalue weighted by Crippen LogP contribution is -2.15. The average molecular weight is 271 g/mol. The number of fused-ring (bicyclic) bond motifs is 1. The summed E-state index contributed by atoms with van der Waals surface area (Å²) >= 11 is 0. The van der Waals surface area contributed by atoms with Gasteiger partial charge in [-0.05, 0) is 30.5 Å². The van der Waals surface area contributed by atoms with E-state index in [4.69, 9.17) is 4.74 Å². The number of aromatic nitrogens is 1. The molecule has 0 bridgehead atoms. The Hall–Kier alpha value is -1.77. The van der Waals surface area contributed by atoms with Crippen LogP contribution in [0.5, 0.6) is 5.75 Å². The molecule has 1 N–H and O–H groups in total. The van der Waals surface area contributed by atoms with Crippen molar-refractivity contribution in [3.63, 3.8) is 0 Å². The van der Waals surface area contributed by atoms with Crippen LogP contribution < -0.4 is 4.74 Å². The number of carbonyl (C=O) groups is 1. The van der Waals surface area contributed by atoms with Gasteiger partial charge in [0.25, 0.3) is 0 Å². The minimum Gasteiger partial charge on any atom is -0.494 e. The molecule has 1 aromatic carbocycles. The third-order valence-electron chi connectivity index (χ3n) is 4.13. The number of nitrogens with one attached hydrogen (secondary N) is 1. The van der Waals surface area contributed by atoms with Gasteiger partial charge in [-0.15, -0.1) is 0 Å². The fourth-order valence-electron chi connectivity index (χ4n) is 2.71. The summed E-state index contributed by atoms with van der Waals surface area (Å²) in [6.07, 6.45) is 7.21. The van der Waals surface area contributed by atoms with Crippen molar-refractivity contribution in [1.29, 1.82) is 0 Å². The maximum Gasteiger partial charge on any atom is 0.165 e. The third kappa shape index (κ3) is 2.58. The SMILES string of the molecule is CCCOc1ccc2[nH]cc(C(=O)CC3CCC3)c2c1. The van der Waals surface area contributed by atoms with Gasteiger partial charge in [-0.1, -0.05) is 26.2 Å². The van der Waals surface area contributed by atoms with Crippen LogP contribution in [0.3, 0.4) is 0 Å². The van der Waals surface area contributed by atoms with Gasteiger partial charge in [0.2, 0.25) is 0 Å². The van der Waals surface area contributed by atoms with Gasteiger partial charge in [0.1, 0.15) is 5.75 Å². The molecule has 1 aromatic heterocycles. The molecule has 0 spiro atoms. The standard InChI is InChI=1S/C17H21NO2/c1-2-8-20-13-6-7-16-14(10-13)15(11-18-16)17(19)9-12-4-3-5-12/h6-7,10-12,18H,2-5,8-9H2,1H3. The molecule has 3 rings (SSSR count). The number of carbonyl (C=O) groups excluding carboxylic acids is 1. The van der Waals surface area contributed by atoms with E-state index in [1.165, 1.54) is 19.3 Å². The molecular weight excluding hydrogens is 250 g/mol. The Morgan fingerprint density at radius 2 is 2.25 bits per heavy atom. The highest BCUT2D eigenvalue weighted by atomic mass is 16.5. The van der Waals surface area contributed by atoms with Gasteiger partial charge < -0.3 is 9.72 Å². The Bertz CT molecular complexity index is 610. The predicted octanol–water partition coefficient (Wildman–Crippen LogP) is 4.33. The van der Waals surface area contributed by atoms with Crippen molar-refractivity contribution in [3.05, 3.63) is 30.0 Å². The second-order valence-electron chi connectivity index (χ2n) is 5.68. The van der Waals surface area contributed by atoms with Crippen molar-refractivity contribution in [2.75, 3.05) is 6.61 Å². The average Bonchev–Trinajstić information content (AvgIpc) is 2.83. The molecular formula is C17H21NO2. The van der Waals surface area contributed by atoms with Crippen LogP contribution in [0.1, 0.15) is 49.4 Å². The number of hydrogen-bond donors (Lipinski definition) is 1. The molecule has 106 valence electrons. The monoisotopic (exact) mass is 271 g/mol. The number of ketones is 1. The lowest BCUT2D eigenvalue weighted by Gasteiger charge is -2.24. The fourth-order valence-corrected chi connectivity index (χ4v) is 2.71. The predicted molar refractivity (Wildman–Crippen MR) is 80.4 cm³/mol. The summed E-state index contributed by atoms with van der Waals surface area (Å²) in [5, 5.41) is 0.989. The van der Waals surface area contributed by atoms with Crippen LogP contribution in [0.2, 0.25) is 0 Å². The number of H-pyrrole nitrogens is 1. The van der Waals surface area contributed by atoms with E-state index in [1.807, 2.05) is 24.4 Å². The second kappa shape index (κ2) is 5.70. The van der Waals surface area contributed by atoms with E-state index < -0.39 is 0 Å². The summed E-state index contributed by atoms with van der Waals surface area (Å²) in [5.41, 5.74) is 1.82. The normalized spacial score (nSPS) is 15.2. The summed E-state index contributed by atoms with van der Waals surface area (Å²) in [7, 11) is 0. The zero-order chi connectivity index (χ0) is 13.9. The van der Waals surface area contributed by atoms with E-state index in [1.54, 1.807) is 0 Å². The Morgan fingerprint density at radius 1 is 1.40 bits per heavy atom. The smallest absolute Gasteiger partial charge is 0.165 e. The maximum atomic E-state index is 12.4. The van der Waals surface area contributed by atoms with Crippen LogP contribution in [0.4, 0.5) is 0 Å². The van der Waals surface area contributed by atoms with Crippen molar-refractivity contribution in [3.8, 4) is 5.75 Å². The van der Waals surface area contributed by atoms with Crippen molar-refractivity contribution in [1.82, 2.24) is 4.98 Å². The highest BCUT2D eigenvalue weighted by Gasteiger charge is 2.22. The van der Waals surface area contributed by atoms with Crippen molar-refractivity contribution in [2.24, 2.45) is 5.92 Å². The Balaban J connectivity index is 1.83. The van der Waals surface area contributed by atoms with E-state index in [-0.39, 0.29) is 5.78 Å². The minimum atomic E-state index is 0.258. The van der Waals surface area contributed by atoms with Crippen LogP contribution in [0.25, 0.3) is 10.9 Å². The summed E-state index contributed by atoms with van der Waals surface area (Å²) in [6, 6.07) is 5.92. The number of aromatic amines is 1. The molecule has 3 nitrogen and oxygen atoms in total. The van der Waals surface area contributed by atoms with Crippen LogP contribution in [-0.4, -0.2) is 17.4 Å². The van der Waals surface area contributed by atoms with Crippen molar-refractivity contribution < 1.29 is 9.53 Å². The Morgan fingerprint density at radius 3 is 2.95 bits per heavy atom. The van der Waals surface area contributed by atoms with Gasteiger partial charge in [0, 0.05) is 29.1 Å². The van der Waals surface area contributed by atoms with Gasteiger partial charge in [0.15, 0.2) is 5.78 Å². The molecule has 1 fully saturated rings. The molecule has 0 atom stereocenters. The van der Waals surface area contributed by atoms with E-state index in [0.29, 0.717) is 18.9 Å². The molecule has 0 saturated heterocycles. The van der Waals surface area contributed by atoms with Gasteiger partial charge in [0.05, 0.1) is 6.61 Å². The highest BCUT2D eigenvalue weighted by Crippen LogP contribution is 2.32. The van der Waals surface area contributed by atoms with Crippen LogP contribution in [-0.2, 0) is 0 Å². The molecule has 3 heteroatoms. The molecule has 1 aliphatic carbocycles. The summed E-state index contributed by atoms with van der Waals surface area (Å²) in [6.45, 7) is 2.80. The van der Waals surface area contributed by atoms with Crippen LogP contribution in [0, 0.1) is 5.92 Å². The minimum absolute atomic E-state index is 0.258. The summed E-state index contributed by atoms with van der Waals surface area (Å²) < 4.78 is 5.66. The number of hydrogen-bond acceptors (Lipinski definition) is 2. The molecule has 0 radical (unpaired) electrons. The summed E-state index contributed by atoms with van der Waals surface area (Å²) in [4.78, 5) is 15.6. The number of Topliss-reactive ketones (excluding diaryl/α,β-unsaturated/α-hetero) is 1. The lowest BCUT2D eigenvalue weighted by atomic mass is 9.81. The number of ether oxygens (including phenoxy) is 1. The van der Waals surface area contributed by atoms with E-state index in [2.05, 4.69) is 11.9 Å². The molecule has 0 unspecified atom stereocenters. The summed E-state index contributed by atoms with van der Waals surface area (Å²) in [5.74, 6) is 1.71. The highest BCUT2D eigenvalue weighted by molar-refractivity contribution is 6.08. The van der Waals surface area contributed by atoms with E-state index in [0.717, 1.165) is 28.6 Å². The van der Waals surface area contributed by atoms with Crippen molar-refractivity contribution >= 4 is 16.7 Å². The molecule has 20 heavy (non-hydrogen) atoms. The topological polar surface area (TPSA) is 42.1 Å². The zero-order valence-electron chi connectivity index (χ0n) is 11.9. The first-order valence-electron chi connectivity index (χ1n) is 7.55. The molecule has 0 amide bonds. The first-order chi connectivity index (χ1) is 9.78. The van der Waals surface area contributed by atoms with Gasteiger partial charge in [-0.3, -0.25) is 4.79 Å². The second-order valence-corrected chi connectivity index (χ2v) is 5.68. The lowest BCUT2D eigenvalue weighted by molar-refractivity contribution is 0.0938.